The smallest absolute Gasteiger partial charge is 0.260 e. The van der Waals surface area contributed by atoms with Gasteiger partial charge < -0.3 is 9.64 Å². The number of amides is 1. The topological polar surface area (TPSA) is 45.7 Å². The molecular formula is C21H29N3O2S. The fourth-order valence-electron chi connectivity index (χ4n) is 3.23. The Bertz CT molecular complexity index is 779. The van der Waals surface area contributed by atoms with Crippen molar-refractivity contribution in [1.82, 2.24) is 14.8 Å². The molecule has 1 aliphatic rings. The summed E-state index contributed by atoms with van der Waals surface area (Å²) in [4.78, 5) is 21.3. The van der Waals surface area contributed by atoms with Gasteiger partial charge in [0.1, 0.15) is 5.75 Å². The maximum Gasteiger partial charge on any atom is 0.260 e. The molecule has 1 aromatic heterocycles. The number of nitrogens with zero attached hydrogens (tertiary/aromatic N) is 3. The molecule has 0 saturated carbocycles. The Kier molecular flexibility index (Phi) is 6.50. The van der Waals surface area contributed by atoms with Crippen LogP contribution in [0.3, 0.4) is 0 Å². The number of carbonyl (C=O) groups is 1. The molecule has 1 amide bonds. The molecule has 0 bridgehead atoms. The highest BCUT2D eigenvalue weighted by atomic mass is 32.1. The van der Waals surface area contributed by atoms with E-state index in [1.54, 1.807) is 11.3 Å². The van der Waals surface area contributed by atoms with Crippen molar-refractivity contribution in [3.05, 3.63) is 45.4 Å². The van der Waals surface area contributed by atoms with Gasteiger partial charge in [-0.2, -0.15) is 0 Å². The highest BCUT2D eigenvalue weighted by Crippen LogP contribution is 2.24. The van der Waals surface area contributed by atoms with Crippen LogP contribution in [-0.2, 0) is 11.3 Å². The van der Waals surface area contributed by atoms with Crippen molar-refractivity contribution in [3.8, 4) is 5.75 Å². The molecule has 0 spiro atoms. The van der Waals surface area contributed by atoms with Crippen LogP contribution in [0.4, 0.5) is 0 Å². The van der Waals surface area contributed by atoms with Gasteiger partial charge in [-0.05, 0) is 37.0 Å². The number of rotatable bonds is 6. The van der Waals surface area contributed by atoms with Gasteiger partial charge in [0.25, 0.3) is 5.91 Å². The number of aryl methyl sites for hydroxylation is 2. The average molecular weight is 388 g/mol. The van der Waals surface area contributed by atoms with Crippen molar-refractivity contribution in [2.75, 3.05) is 32.8 Å². The second-order valence-electron chi connectivity index (χ2n) is 7.48. The Labute approximate surface area is 166 Å². The summed E-state index contributed by atoms with van der Waals surface area (Å²) in [6.45, 7) is 12.6. The van der Waals surface area contributed by atoms with E-state index in [1.165, 1.54) is 5.56 Å². The van der Waals surface area contributed by atoms with Crippen LogP contribution in [0.5, 0.6) is 5.75 Å². The second kappa shape index (κ2) is 8.85. The molecule has 2 heterocycles. The first-order valence-corrected chi connectivity index (χ1v) is 10.4. The van der Waals surface area contributed by atoms with Crippen molar-refractivity contribution in [3.63, 3.8) is 0 Å². The molecule has 6 heteroatoms. The lowest BCUT2D eigenvalue weighted by Crippen LogP contribution is -2.49. The van der Waals surface area contributed by atoms with E-state index < -0.39 is 0 Å². The van der Waals surface area contributed by atoms with Gasteiger partial charge in [-0.1, -0.05) is 26.0 Å². The van der Waals surface area contributed by atoms with E-state index >= 15 is 0 Å². The fraction of sp³-hybridized carbons (Fsp3) is 0.524. The van der Waals surface area contributed by atoms with E-state index in [-0.39, 0.29) is 12.5 Å². The van der Waals surface area contributed by atoms with Gasteiger partial charge in [-0.15, -0.1) is 11.3 Å². The van der Waals surface area contributed by atoms with Crippen molar-refractivity contribution >= 4 is 17.2 Å². The lowest BCUT2D eigenvalue weighted by atomic mass is 10.0. The quantitative estimate of drug-likeness (QED) is 0.760. The Morgan fingerprint density at radius 3 is 2.59 bits per heavy atom. The first kappa shape index (κ1) is 19.8. The van der Waals surface area contributed by atoms with Crippen molar-refractivity contribution in [1.29, 1.82) is 0 Å². The molecule has 3 rings (SSSR count). The number of hydrogen-bond acceptors (Lipinski definition) is 5. The highest BCUT2D eigenvalue weighted by molar-refractivity contribution is 7.09. The normalized spacial score (nSPS) is 15.4. The predicted octanol–water partition coefficient (Wildman–Crippen LogP) is 3.61. The number of thiazole rings is 1. The maximum absolute atomic E-state index is 12.5. The van der Waals surface area contributed by atoms with Gasteiger partial charge in [-0.25, -0.2) is 4.98 Å². The summed E-state index contributed by atoms with van der Waals surface area (Å²) in [5.74, 6) is 1.32. The Hall–Kier alpha value is -1.92. The molecule has 0 atom stereocenters. The first-order chi connectivity index (χ1) is 12.9. The van der Waals surface area contributed by atoms with Gasteiger partial charge in [0.2, 0.25) is 0 Å². The Morgan fingerprint density at radius 2 is 1.96 bits per heavy atom. The van der Waals surface area contributed by atoms with Crippen LogP contribution < -0.4 is 4.74 Å². The summed E-state index contributed by atoms with van der Waals surface area (Å²) < 4.78 is 5.85. The average Bonchev–Trinajstić information content (AvgIpc) is 3.06. The molecule has 0 radical (unpaired) electrons. The van der Waals surface area contributed by atoms with Crippen molar-refractivity contribution < 1.29 is 9.53 Å². The van der Waals surface area contributed by atoms with E-state index in [9.17, 15) is 4.79 Å². The predicted molar refractivity (Wildman–Crippen MR) is 109 cm³/mol. The standard InChI is InChI=1S/C21H29N3O2S/c1-15(2)18-6-5-16(3)20(11-18)26-13-21(25)24-9-7-23(8-10-24)12-19-14-27-17(4)22-19/h5-6,11,14-15H,7-10,12-13H2,1-4H3. The van der Waals surface area contributed by atoms with E-state index in [0.717, 1.165) is 54.7 Å². The molecule has 146 valence electrons. The fourth-order valence-corrected chi connectivity index (χ4v) is 3.83. The number of aromatic nitrogens is 1. The third-order valence-electron chi connectivity index (χ3n) is 5.01. The van der Waals surface area contributed by atoms with Crippen LogP contribution >= 0.6 is 11.3 Å². The maximum atomic E-state index is 12.5. The van der Waals surface area contributed by atoms with Gasteiger partial charge in [0.15, 0.2) is 6.61 Å². The van der Waals surface area contributed by atoms with Crippen LogP contribution in [0, 0.1) is 13.8 Å². The van der Waals surface area contributed by atoms with Crippen molar-refractivity contribution in [2.45, 2.75) is 40.2 Å². The van der Waals surface area contributed by atoms with Crippen LogP contribution in [0.1, 0.15) is 41.6 Å². The number of ether oxygens (including phenoxy) is 1. The minimum atomic E-state index is 0.0634. The molecular weight excluding hydrogens is 358 g/mol. The zero-order chi connectivity index (χ0) is 19.4. The molecule has 1 aliphatic heterocycles. The summed E-state index contributed by atoms with van der Waals surface area (Å²) >= 11 is 1.69. The zero-order valence-electron chi connectivity index (χ0n) is 16.7. The van der Waals surface area contributed by atoms with Gasteiger partial charge in [-0.3, -0.25) is 9.69 Å². The monoisotopic (exact) mass is 387 g/mol. The third kappa shape index (κ3) is 5.30. The Balaban J connectivity index is 1.48. The summed E-state index contributed by atoms with van der Waals surface area (Å²) in [5, 5.41) is 3.22. The minimum absolute atomic E-state index is 0.0634. The molecule has 0 aliphatic carbocycles. The van der Waals surface area contributed by atoms with Crippen LogP contribution in [0.15, 0.2) is 23.6 Å². The highest BCUT2D eigenvalue weighted by Gasteiger charge is 2.22. The third-order valence-corrected chi connectivity index (χ3v) is 5.83. The van der Waals surface area contributed by atoms with E-state index in [2.05, 4.69) is 47.3 Å². The molecule has 1 saturated heterocycles. The van der Waals surface area contributed by atoms with Gasteiger partial charge in [0, 0.05) is 38.1 Å². The molecule has 27 heavy (non-hydrogen) atoms. The number of carbonyl (C=O) groups excluding carboxylic acids is 1. The molecule has 1 fully saturated rings. The number of hydrogen-bond donors (Lipinski definition) is 0. The largest absolute Gasteiger partial charge is 0.483 e. The summed E-state index contributed by atoms with van der Waals surface area (Å²) in [6.07, 6.45) is 0. The molecule has 0 N–H and O–H groups in total. The summed E-state index contributed by atoms with van der Waals surface area (Å²) in [7, 11) is 0. The van der Waals surface area contributed by atoms with Crippen LogP contribution in [-0.4, -0.2) is 53.5 Å². The van der Waals surface area contributed by atoms with Gasteiger partial charge >= 0.3 is 0 Å². The molecule has 0 unspecified atom stereocenters. The van der Waals surface area contributed by atoms with Crippen LogP contribution in [0.2, 0.25) is 0 Å². The first-order valence-electron chi connectivity index (χ1n) is 9.57. The van der Waals surface area contributed by atoms with E-state index in [4.69, 9.17) is 4.74 Å². The van der Waals surface area contributed by atoms with Crippen molar-refractivity contribution in [2.24, 2.45) is 0 Å². The molecule has 5 nitrogen and oxygen atoms in total. The van der Waals surface area contributed by atoms with Crippen LogP contribution in [0.25, 0.3) is 0 Å². The SMILES string of the molecule is Cc1nc(CN2CCN(C(=O)COc3cc(C(C)C)ccc3C)CC2)cs1. The second-order valence-corrected chi connectivity index (χ2v) is 8.55. The van der Waals surface area contributed by atoms with E-state index in [1.807, 2.05) is 18.7 Å². The van der Waals surface area contributed by atoms with Gasteiger partial charge in [0.05, 0.1) is 10.7 Å². The zero-order valence-corrected chi connectivity index (χ0v) is 17.5. The summed E-state index contributed by atoms with van der Waals surface area (Å²) in [5.41, 5.74) is 3.42. The molecule has 1 aromatic carbocycles. The minimum Gasteiger partial charge on any atom is -0.483 e. The lowest BCUT2D eigenvalue weighted by molar-refractivity contribution is -0.135. The molecule has 2 aromatic rings. The van der Waals surface area contributed by atoms with E-state index in [0.29, 0.717) is 5.92 Å². The number of piperazine rings is 1. The Morgan fingerprint density at radius 1 is 1.22 bits per heavy atom. The number of benzene rings is 1. The lowest BCUT2D eigenvalue weighted by Gasteiger charge is -2.34. The summed E-state index contributed by atoms with van der Waals surface area (Å²) in [6, 6.07) is 6.24.